The Labute approximate surface area is 146 Å². The smallest absolute Gasteiger partial charge is 0.338 e. The van der Waals surface area contributed by atoms with E-state index in [0.29, 0.717) is 11.1 Å². The summed E-state index contributed by atoms with van der Waals surface area (Å²) in [5.74, 6) is -0.961. The van der Waals surface area contributed by atoms with Crippen LogP contribution in [0.1, 0.15) is 28.4 Å². The molecule has 25 heavy (non-hydrogen) atoms. The Morgan fingerprint density at radius 3 is 2.12 bits per heavy atom. The largest absolute Gasteiger partial charge is 0.459 e. The van der Waals surface area contributed by atoms with Crippen LogP contribution in [0, 0.1) is 0 Å². The third-order valence-electron chi connectivity index (χ3n) is 3.22. The maximum Gasteiger partial charge on any atom is 0.338 e. The third-order valence-corrected chi connectivity index (χ3v) is 3.22. The zero-order chi connectivity index (χ0) is 18.1. The van der Waals surface area contributed by atoms with Gasteiger partial charge in [-0.05, 0) is 42.3 Å². The van der Waals surface area contributed by atoms with Gasteiger partial charge in [-0.2, -0.15) is 0 Å². The lowest BCUT2D eigenvalue weighted by Crippen LogP contribution is -2.14. The van der Waals surface area contributed by atoms with Crippen molar-refractivity contribution < 1.29 is 19.1 Å². The zero-order valence-corrected chi connectivity index (χ0v) is 14.0. The van der Waals surface area contributed by atoms with Gasteiger partial charge in [-0.1, -0.05) is 30.9 Å². The average molecular weight is 337 g/mol. The van der Waals surface area contributed by atoms with Gasteiger partial charge in [-0.3, -0.25) is 4.98 Å². The van der Waals surface area contributed by atoms with E-state index in [1.165, 1.54) is 0 Å². The number of carbonyl (C=O) groups excluding carboxylic acids is 2. The van der Waals surface area contributed by atoms with Crippen LogP contribution in [-0.4, -0.2) is 30.1 Å². The minimum Gasteiger partial charge on any atom is -0.459 e. The monoisotopic (exact) mass is 337 g/mol. The van der Waals surface area contributed by atoms with E-state index in [0.717, 1.165) is 11.1 Å². The molecular weight excluding hydrogens is 318 g/mol. The van der Waals surface area contributed by atoms with Crippen molar-refractivity contribution in [2.45, 2.75) is 6.92 Å². The quantitative estimate of drug-likeness (QED) is 0.439. The Morgan fingerprint density at radius 2 is 1.52 bits per heavy atom. The molecule has 0 radical (unpaired) electrons. The maximum atomic E-state index is 11.9. The van der Waals surface area contributed by atoms with E-state index in [4.69, 9.17) is 9.47 Å². The first-order valence-electron chi connectivity index (χ1n) is 7.74. The normalized spacial score (nSPS) is 10.4. The number of hydrogen-bond acceptors (Lipinski definition) is 5. The van der Waals surface area contributed by atoms with Crippen molar-refractivity contribution >= 4 is 24.1 Å². The Balaban J connectivity index is 1.82. The highest BCUT2D eigenvalue weighted by molar-refractivity contribution is 5.90. The van der Waals surface area contributed by atoms with Crippen LogP contribution in [0.15, 0.2) is 60.9 Å². The molecule has 0 amide bonds. The lowest BCUT2D eigenvalue weighted by molar-refractivity contribution is -0.140. The van der Waals surface area contributed by atoms with Gasteiger partial charge < -0.3 is 9.47 Å². The van der Waals surface area contributed by atoms with E-state index in [-0.39, 0.29) is 13.2 Å². The van der Waals surface area contributed by atoms with Crippen molar-refractivity contribution in [1.29, 1.82) is 0 Å². The van der Waals surface area contributed by atoms with Crippen molar-refractivity contribution in [2.24, 2.45) is 0 Å². The summed E-state index contributed by atoms with van der Waals surface area (Å²) < 4.78 is 9.91. The van der Waals surface area contributed by atoms with Crippen LogP contribution < -0.4 is 0 Å². The highest BCUT2D eigenvalue weighted by Gasteiger charge is 2.08. The molecule has 0 unspecified atom stereocenters. The molecule has 0 bridgehead atoms. The summed E-state index contributed by atoms with van der Waals surface area (Å²) in [6.07, 6.45) is 7.37. The molecule has 1 aromatic heterocycles. The van der Waals surface area contributed by atoms with Gasteiger partial charge in [0.25, 0.3) is 0 Å². The Morgan fingerprint density at radius 1 is 0.960 bits per heavy atom. The van der Waals surface area contributed by atoms with Gasteiger partial charge in [-0.15, -0.1) is 0 Å². The molecule has 2 aromatic rings. The number of nitrogens with zero attached hydrogens (tertiary/aromatic N) is 1. The molecule has 0 atom stereocenters. The molecule has 0 aliphatic heterocycles. The number of aromatic nitrogens is 1. The minimum absolute atomic E-state index is 0.00154. The second-order valence-corrected chi connectivity index (χ2v) is 5.29. The van der Waals surface area contributed by atoms with E-state index in [2.05, 4.69) is 11.6 Å². The summed E-state index contributed by atoms with van der Waals surface area (Å²) in [6, 6.07) is 10.8. The Hall–Kier alpha value is -3.21. The Bertz CT molecular complexity index is 764. The molecule has 0 N–H and O–H groups in total. The number of rotatable bonds is 7. The van der Waals surface area contributed by atoms with Gasteiger partial charge in [0.1, 0.15) is 13.2 Å². The van der Waals surface area contributed by atoms with Crippen LogP contribution in [0.3, 0.4) is 0 Å². The first-order valence-corrected chi connectivity index (χ1v) is 7.74. The number of carbonyl (C=O) groups is 2. The van der Waals surface area contributed by atoms with Gasteiger partial charge in [0.2, 0.25) is 0 Å². The number of ether oxygens (including phenoxy) is 2. The van der Waals surface area contributed by atoms with Crippen LogP contribution in [0.2, 0.25) is 0 Å². The highest BCUT2D eigenvalue weighted by atomic mass is 16.6. The summed E-state index contributed by atoms with van der Waals surface area (Å²) in [4.78, 5) is 27.1. The van der Waals surface area contributed by atoms with E-state index in [9.17, 15) is 9.59 Å². The molecule has 128 valence electrons. The van der Waals surface area contributed by atoms with Crippen molar-refractivity contribution in [3.8, 4) is 0 Å². The highest BCUT2D eigenvalue weighted by Crippen LogP contribution is 2.10. The Kier molecular flexibility index (Phi) is 6.65. The summed E-state index contributed by atoms with van der Waals surface area (Å²) in [6.45, 7) is 5.03. The van der Waals surface area contributed by atoms with Crippen LogP contribution in [-0.2, 0) is 14.3 Å². The summed E-state index contributed by atoms with van der Waals surface area (Å²) >= 11 is 0. The fourth-order valence-electron chi connectivity index (χ4n) is 1.87. The minimum atomic E-state index is -0.499. The molecule has 1 aromatic carbocycles. The number of hydrogen-bond donors (Lipinski definition) is 0. The van der Waals surface area contributed by atoms with Gasteiger partial charge >= 0.3 is 11.9 Å². The second-order valence-electron chi connectivity index (χ2n) is 5.29. The SMILES string of the molecule is C=C(C)C(=O)OCCOC(=O)c1ccc(C=Cc2ccncc2)cc1. The van der Waals surface area contributed by atoms with Crippen molar-refractivity contribution in [1.82, 2.24) is 4.98 Å². The van der Waals surface area contributed by atoms with E-state index >= 15 is 0 Å². The summed E-state index contributed by atoms with van der Waals surface area (Å²) in [5, 5.41) is 0. The first-order chi connectivity index (χ1) is 12.1. The number of benzene rings is 1. The predicted octanol–water partition coefficient (Wildman–Crippen LogP) is 3.53. The molecule has 5 nitrogen and oxygen atoms in total. The van der Waals surface area contributed by atoms with Crippen LogP contribution >= 0.6 is 0 Å². The number of esters is 2. The molecule has 2 rings (SSSR count). The lowest BCUT2D eigenvalue weighted by atomic mass is 10.1. The van der Waals surface area contributed by atoms with Crippen LogP contribution in [0.5, 0.6) is 0 Å². The second kappa shape index (κ2) is 9.17. The fourth-order valence-corrected chi connectivity index (χ4v) is 1.87. The van der Waals surface area contributed by atoms with Gasteiger partial charge in [0.15, 0.2) is 0 Å². The van der Waals surface area contributed by atoms with Crippen LogP contribution in [0.4, 0.5) is 0 Å². The van der Waals surface area contributed by atoms with Gasteiger partial charge in [-0.25, -0.2) is 9.59 Å². The van der Waals surface area contributed by atoms with Crippen molar-refractivity contribution in [2.75, 3.05) is 13.2 Å². The molecule has 0 saturated carbocycles. The van der Waals surface area contributed by atoms with Gasteiger partial charge in [0, 0.05) is 18.0 Å². The molecular formula is C20H19NO4. The zero-order valence-electron chi connectivity index (χ0n) is 14.0. The molecule has 0 aliphatic rings. The molecule has 0 spiro atoms. The third kappa shape index (κ3) is 6.06. The van der Waals surface area contributed by atoms with Crippen molar-refractivity contribution in [3.05, 3.63) is 77.6 Å². The standard InChI is InChI=1S/C20H19NO4/c1-15(2)19(22)24-13-14-25-20(23)18-7-5-16(6-8-18)3-4-17-9-11-21-12-10-17/h3-12H,1,13-14H2,2H3. The van der Waals surface area contributed by atoms with E-state index < -0.39 is 11.9 Å². The molecule has 5 heteroatoms. The molecule has 0 saturated heterocycles. The lowest BCUT2D eigenvalue weighted by Gasteiger charge is -2.06. The maximum absolute atomic E-state index is 11.9. The molecule has 0 fully saturated rings. The summed E-state index contributed by atoms with van der Waals surface area (Å²) in [7, 11) is 0. The summed E-state index contributed by atoms with van der Waals surface area (Å²) in [5.41, 5.74) is 2.75. The topological polar surface area (TPSA) is 65.5 Å². The average Bonchev–Trinajstić information content (AvgIpc) is 2.64. The molecule has 0 aliphatic carbocycles. The predicted molar refractivity (Wildman–Crippen MR) is 95.7 cm³/mol. The van der Waals surface area contributed by atoms with E-state index in [1.54, 1.807) is 31.5 Å². The van der Waals surface area contributed by atoms with Crippen LogP contribution in [0.25, 0.3) is 12.2 Å². The van der Waals surface area contributed by atoms with Gasteiger partial charge in [0.05, 0.1) is 5.56 Å². The van der Waals surface area contributed by atoms with E-state index in [1.807, 2.05) is 36.4 Å². The first kappa shape index (κ1) is 18.1. The number of pyridine rings is 1. The molecule has 1 heterocycles. The van der Waals surface area contributed by atoms with Crippen molar-refractivity contribution in [3.63, 3.8) is 0 Å². The fraction of sp³-hybridized carbons (Fsp3) is 0.150.